The Hall–Kier alpha value is -0.850. The monoisotopic (exact) mass is 150 g/mol. The first-order valence-electron chi connectivity index (χ1n) is 4.03. The number of hydrogen-bond acceptors (Lipinski definition) is 1. The van der Waals surface area contributed by atoms with E-state index in [-0.39, 0.29) is 0 Å². The molecule has 0 bridgehead atoms. The van der Waals surface area contributed by atoms with Crippen molar-refractivity contribution in [2.75, 3.05) is 0 Å². The Bertz CT molecular complexity index is 231. The summed E-state index contributed by atoms with van der Waals surface area (Å²) in [4.78, 5) is 11.3. The van der Waals surface area contributed by atoms with Gasteiger partial charge in [-0.2, -0.15) is 0 Å². The number of carbonyl (C=O) groups is 1. The van der Waals surface area contributed by atoms with Crippen LogP contribution in [0.25, 0.3) is 0 Å². The smallest absolute Gasteiger partial charge is 0.163 e. The van der Waals surface area contributed by atoms with Crippen LogP contribution in [-0.2, 0) is 4.79 Å². The molecule has 1 heteroatoms. The molecule has 0 saturated carbocycles. The van der Waals surface area contributed by atoms with Gasteiger partial charge in [-0.25, -0.2) is 0 Å². The molecule has 1 aliphatic rings. The largest absolute Gasteiger partial charge is 0.294 e. The summed E-state index contributed by atoms with van der Waals surface area (Å²) < 4.78 is 0. The van der Waals surface area contributed by atoms with Crippen LogP contribution in [0.2, 0.25) is 0 Å². The number of rotatable bonds is 1. The third kappa shape index (κ3) is 1.59. The SMILES string of the molecule is CC1=C(C(C)C)C(=O)CC=C1. The number of Topliss-reactive ketones (excluding diaryl/α,β-unsaturated/α-hetero) is 1. The summed E-state index contributed by atoms with van der Waals surface area (Å²) >= 11 is 0. The molecule has 0 fully saturated rings. The van der Waals surface area contributed by atoms with E-state index in [1.165, 1.54) is 0 Å². The van der Waals surface area contributed by atoms with Crippen LogP contribution in [0.3, 0.4) is 0 Å². The van der Waals surface area contributed by atoms with Gasteiger partial charge in [0, 0.05) is 12.0 Å². The highest BCUT2D eigenvalue weighted by atomic mass is 16.1. The summed E-state index contributed by atoms with van der Waals surface area (Å²) in [7, 11) is 0. The van der Waals surface area contributed by atoms with Gasteiger partial charge in [-0.1, -0.05) is 26.0 Å². The van der Waals surface area contributed by atoms with Gasteiger partial charge in [0.2, 0.25) is 0 Å². The van der Waals surface area contributed by atoms with Gasteiger partial charge in [0.05, 0.1) is 0 Å². The molecule has 0 aromatic heterocycles. The number of carbonyl (C=O) groups excluding carboxylic acids is 1. The zero-order valence-electron chi connectivity index (χ0n) is 7.35. The summed E-state index contributed by atoms with van der Waals surface area (Å²) in [6, 6.07) is 0. The van der Waals surface area contributed by atoms with E-state index in [4.69, 9.17) is 0 Å². The maximum atomic E-state index is 11.3. The molecular weight excluding hydrogens is 136 g/mol. The minimum Gasteiger partial charge on any atom is -0.294 e. The van der Waals surface area contributed by atoms with Gasteiger partial charge in [-0.15, -0.1) is 0 Å². The van der Waals surface area contributed by atoms with Crippen molar-refractivity contribution in [1.82, 2.24) is 0 Å². The van der Waals surface area contributed by atoms with Crippen LogP contribution in [0.5, 0.6) is 0 Å². The summed E-state index contributed by atoms with van der Waals surface area (Å²) in [6.45, 7) is 6.13. The van der Waals surface area contributed by atoms with Crippen LogP contribution in [0.1, 0.15) is 27.2 Å². The fourth-order valence-corrected chi connectivity index (χ4v) is 1.54. The van der Waals surface area contributed by atoms with Crippen molar-refractivity contribution in [3.8, 4) is 0 Å². The Morgan fingerprint density at radius 2 is 2.09 bits per heavy atom. The quantitative estimate of drug-likeness (QED) is 0.561. The van der Waals surface area contributed by atoms with Gasteiger partial charge < -0.3 is 0 Å². The van der Waals surface area contributed by atoms with E-state index in [0.29, 0.717) is 18.1 Å². The lowest BCUT2D eigenvalue weighted by molar-refractivity contribution is -0.115. The van der Waals surface area contributed by atoms with Crippen LogP contribution in [0.15, 0.2) is 23.3 Å². The van der Waals surface area contributed by atoms with E-state index in [2.05, 4.69) is 13.8 Å². The fraction of sp³-hybridized carbons (Fsp3) is 0.500. The minimum absolute atomic E-state index is 0.292. The maximum absolute atomic E-state index is 11.3. The molecule has 0 unspecified atom stereocenters. The number of ketones is 1. The standard InChI is InChI=1S/C10H14O/c1-7(2)10-8(3)5-4-6-9(10)11/h4-5,7H,6H2,1-3H3. The molecule has 60 valence electrons. The Labute approximate surface area is 67.8 Å². The second kappa shape index (κ2) is 3.04. The average Bonchev–Trinajstić information content (AvgIpc) is 1.85. The van der Waals surface area contributed by atoms with Gasteiger partial charge in [0.1, 0.15) is 0 Å². The van der Waals surface area contributed by atoms with Crippen LogP contribution in [0.4, 0.5) is 0 Å². The Morgan fingerprint density at radius 1 is 1.45 bits per heavy atom. The molecule has 0 aromatic carbocycles. The molecule has 0 heterocycles. The molecule has 0 N–H and O–H groups in total. The van der Waals surface area contributed by atoms with Crippen LogP contribution >= 0.6 is 0 Å². The molecule has 1 nitrogen and oxygen atoms in total. The zero-order valence-corrected chi connectivity index (χ0v) is 7.35. The third-order valence-corrected chi connectivity index (χ3v) is 1.97. The third-order valence-electron chi connectivity index (χ3n) is 1.97. The van der Waals surface area contributed by atoms with Crippen molar-refractivity contribution < 1.29 is 4.79 Å². The molecule has 0 saturated heterocycles. The molecule has 1 rings (SSSR count). The first-order chi connectivity index (χ1) is 5.13. The van der Waals surface area contributed by atoms with Crippen LogP contribution < -0.4 is 0 Å². The topological polar surface area (TPSA) is 17.1 Å². The van der Waals surface area contributed by atoms with Crippen molar-refractivity contribution in [3.05, 3.63) is 23.3 Å². The summed E-state index contributed by atoms with van der Waals surface area (Å²) in [5, 5.41) is 0. The summed E-state index contributed by atoms with van der Waals surface area (Å²) in [6.07, 6.45) is 4.56. The van der Waals surface area contributed by atoms with Crippen molar-refractivity contribution in [2.45, 2.75) is 27.2 Å². The van der Waals surface area contributed by atoms with E-state index in [1.807, 2.05) is 19.1 Å². The Balaban J connectivity index is 3.01. The molecule has 0 aliphatic heterocycles. The molecule has 0 amide bonds. The van der Waals surface area contributed by atoms with E-state index < -0.39 is 0 Å². The molecule has 1 aliphatic carbocycles. The van der Waals surface area contributed by atoms with Crippen LogP contribution in [-0.4, -0.2) is 5.78 Å². The maximum Gasteiger partial charge on any atom is 0.163 e. The first kappa shape index (κ1) is 8.25. The predicted molar refractivity (Wildman–Crippen MR) is 46.3 cm³/mol. The molecule has 0 atom stereocenters. The van der Waals surface area contributed by atoms with Gasteiger partial charge >= 0.3 is 0 Å². The molecular formula is C10H14O. The molecule has 11 heavy (non-hydrogen) atoms. The van der Waals surface area contributed by atoms with E-state index in [0.717, 1.165) is 11.1 Å². The number of hydrogen-bond donors (Lipinski definition) is 0. The highest BCUT2D eigenvalue weighted by Crippen LogP contribution is 2.21. The second-order valence-electron chi connectivity index (χ2n) is 3.28. The van der Waals surface area contributed by atoms with Crippen molar-refractivity contribution in [2.24, 2.45) is 5.92 Å². The summed E-state index contributed by atoms with van der Waals surface area (Å²) in [5.41, 5.74) is 2.14. The van der Waals surface area contributed by atoms with E-state index in [9.17, 15) is 4.79 Å². The fourth-order valence-electron chi connectivity index (χ4n) is 1.54. The normalized spacial score (nSPS) is 18.4. The Kier molecular flexibility index (Phi) is 2.28. The lowest BCUT2D eigenvalue weighted by atomic mass is 9.89. The van der Waals surface area contributed by atoms with Crippen molar-refractivity contribution >= 4 is 5.78 Å². The van der Waals surface area contributed by atoms with Crippen molar-refractivity contribution in [1.29, 1.82) is 0 Å². The van der Waals surface area contributed by atoms with Gasteiger partial charge in [0.15, 0.2) is 5.78 Å². The lowest BCUT2D eigenvalue weighted by Crippen LogP contribution is -2.11. The van der Waals surface area contributed by atoms with E-state index in [1.54, 1.807) is 0 Å². The number of allylic oxidation sites excluding steroid dienone is 4. The highest BCUT2D eigenvalue weighted by Gasteiger charge is 2.16. The lowest BCUT2D eigenvalue weighted by Gasteiger charge is -2.14. The highest BCUT2D eigenvalue weighted by molar-refractivity contribution is 5.98. The minimum atomic E-state index is 0.292. The van der Waals surface area contributed by atoms with Crippen molar-refractivity contribution in [3.63, 3.8) is 0 Å². The second-order valence-corrected chi connectivity index (χ2v) is 3.28. The zero-order chi connectivity index (χ0) is 8.43. The van der Waals surface area contributed by atoms with E-state index >= 15 is 0 Å². The molecule has 0 radical (unpaired) electrons. The van der Waals surface area contributed by atoms with Gasteiger partial charge in [-0.05, 0) is 18.4 Å². The average molecular weight is 150 g/mol. The predicted octanol–water partition coefficient (Wildman–Crippen LogP) is 2.49. The van der Waals surface area contributed by atoms with Crippen LogP contribution in [0, 0.1) is 5.92 Å². The van der Waals surface area contributed by atoms with Gasteiger partial charge in [-0.3, -0.25) is 4.79 Å². The molecule has 0 spiro atoms. The van der Waals surface area contributed by atoms with Gasteiger partial charge in [0.25, 0.3) is 0 Å². The molecule has 0 aromatic rings. The summed E-state index contributed by atoms with van der Waals surface area (Å²) in [5.74, 6) is 0.660. The Morgan fingerprint density at radius 3 is 2.45 bits per heavy atom. The first-order valence-corrected chi connectivity index (χ1v) is 4.03.